The zero-order valence-corrected chi connectivity index (χ0v) is 31.8. The van der Waals surface area contributed by atoms with Crippen molar-refractivity contribution in [3.05, 3.63) is 145 Å². The second-order valence-corrected chi connectivity index (χ2v) is 21.6. The smallest absolute Gasteiger partial charge is 0.164 e. The lowest BCUT2D eigenvalue weighted by Gasteiger charge is -2.22. The third kappa shape index (κ3) is 6.12. The van der Waals surface area contributed by atoms with Crippen molar-refractivity contribution in [2.75, 3.05) is 0 Å². The van der Waals surface area contributed by atoms with E-state index in [1.54, 1.807) is 0 Å². The monoisotopic (exact) mass is 679 g/mol. The van der Waals surface area contributed by atoms with E-state index in [-0.39, 0.29) is 10.8 Å². The summed E-state index contributed by atoms with van der Waals surface area (Å²) in [7, 11) is -1.44. The van der Waals surface area contributed by atoms with Crippen molar-refractivity contribution < 1.29 is 0 Å². The molecule has 8 rings (SSSR count). The molecule has 0 spiro atoms. The minimum Gasteiger partial charge on any atom is -0.208 e. The number of benzene rings is 6. The van der Waals surface area contributed by atoms with Crippen LogP contribution >= 0.6 is 0 Å². The molecule has 0 amide bonds. The Balaban J connectivity index is 1.24. The quantitative estimate of drug-likeness (QED) is 0.164. The summed E-state index contributed by atoms with van der Waals surface area (Å²) in [5.74, 6) is 2.03. The van der Waals surface area contributed by atoms with Crippen LogP contribution in [0, 0.1) is 0 Å². The molecule has 3 nitrogen and oxygen atoms in total. The Morgan fingerprint density at radius 3 is 1.63 bits per heavy atom. The summed E-state index contributed by atoms with van der Waals surface area (Å²) >= 11 is 0. The fourth-order valence-electron chi connectivity index (χ4n) is 8.25. The van der Waals surface area contributed by atoms with E-state index in [1.165, 1.54) is 44.0 Å². The summed E-state index contributed by atoms with van der Waals surface area (Å²) in [4.78, 5) is 15.2. The molecule has 0 bridgehead atoms. The van der Waals surface area contributed by atoms with E-state index in [9.17, 15) is 0 Å². The lowest BCUT2D eigenvalue weighted by molar-refractivity contribution is 0.403. The van der Waals surface area contributed by atoms with Crippen molar-refractivity contribution in [3.8, 4) is 56.4 Å². The van der Waals surface area contributed by atoms with Gasteiger partial charge in [0.15, 0.2) is 17.5 Å². The number of hydrogen-bond acceptors (Lipinski definition) is 3. The van der Waals surface area contributed by atoms with Crippen LogP contribution in [0.1, 0.15) is 45.2 Å². The molecule has 1 aliphatic carbocycles. The van der Waals surface area contributed by atoms with Crippen molar-refractivity contribution >= 4 is 24.0 Å². The van der Waals surface area contributed by atoms with E-state index >= 15 is 0 Å². The van der Waals surface area contributed by atoms with Gasteiger partial charge in [-0.2, -0.15) is 0 Å². The Hall–Kier alpha value is -5.19. The van der Waals surface area contributed by atoms with Crippen LogP contribution in [0.3, 0.4) is 0 Å². The summed E-state index contributed by atoms with van der Waals surface area (Å²) in [6, 6.07) is 48.2. The van der Waals surface area contributed by atoms with Gasteiger partial charge in [-0.1, -0.05) is 180 Å². The summed E-state index contributed by atoms with van der Waals surface area (Å²) in [5.41, 5.74) is 11.2. The lowest BCUT2D eigenvalue weighted by atomic mass is 9.82. The topological polar surface area (TPSA) is 38.7 Å². The average Bonchev–Trinajstić information content (AvgIpc) is 3.33. The number of hydrogen-bond donors (Lipinski definition) is 0. The molecule has 7 aromatic rings. The molecule has 0 saturated carbocycles. The largest absolute Gasteiger partial charge is 0.208 e. The van der Waals surface area contributed by atoms with Crippen LogP contribution in [0.4, 0.5) is 0 Å². The summed E-state index contributed by atoms with van der Waals surface area (Å²) in [6.45, 7) is 16.6. The molecule has 4 heteroatoms. The maximum Gasteiger partial charge on any atom is 0.164 e. The highest BCUT2D eigenvalue weighted by Gasteiger charge is 2.41. The first-order valence-electron chi connectivity index (χ1n) is 18.1. The van der Waals surface area contributed by atoms with Crippen molar-refractivity contribution in [2.24, 2.45) is 0 Å². The standard InChI is InChI=1S/C47H45N3Si/c1-46(2)30-47(3,4)42-29-34(24-27-41(42)46)33-16-11-17-35(28-33)37-18-12-20-39-38(37)19-13-21-40(39)45-49-43(31-14-9-8-10-15-31)48-44(50-45)32-22-25-36(26-23-32)51(5,6)7/h8-29H,30H2,1-7H3. The molecular formula is C47H45N3Si. The maximum absolute atomic E-state index is 5.14. The highest BCUT2D eigenvalue weighted by molar-refractivity contribution is 6.88. The zero-order valence-electron chi connectivity index (χ0n) is 30.8. The van der Waals surface area contributed by atoms with E-state index in [2.05, 4.69) is 163 Å². The van der Waals surface area contributed by atoms with Crippen LogP contribution < -0.4 is 5.19 Å². The van der Waals surface area contributed by atoms with Crippen molar-refractivity contribution in [1.82, 2.24) is 15.0 Å². The zero-order chi connectivity index (χ0) is 35.5. The van der Waals surface area contributed by atoms with Gasteiger partial charge < -0.3 is 0 Å². The highest BCUT2D eigenvalue weighted by atomic mass is 28.3. The molecule has 0 radical (unpaired) electrons. The van der Waals surface area contributed by atoms with E-state index in [4.69, 9.17) is 15.0 Å². The van der Waals surface area contributed by atoms with Crippen molar-refractivity contribution in [1.29, 1.82) is 0 Å². The summed E-state index contributed by atoms with van der Waals surface area (Å²) in [5, 5.41) is 3.71. The predicted molar refractivity (Wildman–Crippen MR) is 218 cm³/mol. The summed E-state index contributed by atoms with van der Waals surface area (Å²) in [6.07, 6.45) is 1.16. The van der Waals surface area contributed by atoms with Crippen LogP contribution in [-0.2, 0) is 10.8 Å². The average molecular weight is 680 g/mol. The minimum atomic E-state index is -1.44. The van der Waals surface area contributed by atoms with Crippen LogP contribution in [0.5, 0.6) is 0 Å². The van der Waals surface area contributed by atoms with E-state index < -0.39 is 8.07 Å². The molecule has 252 valence electrons. The van der Waals surface area contributed by atoms with Crippen LogP contribution in [-0.4, -0.2) is 23.0 Å². The molecule has 1 heterocycles. The Kier molecular flexibility index (Phi) is 7.92. The Morgan fingerprint density at radius 2 is 0.941 bits per heavy atom. The lowest BCUT2D eigenvalue weighted by Crippen LogP contribution is -2.37. The highest BCUT2D eigenvalue weighted by Crippen LogP contribution is 2.50. The van der Waals surface area contributed by atoms with E-state index in [1.807, 2.05) is 18.2 Å². The van der Waals surface area contributed by atoms with Gasteiger partial charge in [-0.25, -0.2) is 15.0 Å². The molecule has 0 aliphatic heterocycles. The van der Waals surface area contributed by atoms with E-state index in [0.29, 0.717) is 17.5 Å². The maximum atomic E-state index is 5.14. The van der Waals surface area contributed by atoms with E-state index in [0.717, 1.165) is 28.5 Å². The SMILES string of the molecule is CC1(C)CC(C)(C)c2cc(-c3cccc(-c4cccc5c(-c6nc(-c7ccccc7)nc(-c7ccc([Si](C)(C)C)cc7)n6)cccc45)c3)ccc21. The molecule has 0 saturated heterocycles. The molecule has 1 aliphatic rings. The molecule has 0 atom stereocenters. The van der Waals surface area contributed by atoms with Gasteiger partial charge in [0, 0.05) is 16.7 Å². The number of aromatic nitrogens is 3. The van der Waals surface area contributed by atoms with Crippen molar-refractivity contribution in [2.45, 2.75) is 64.6 Å². The predicted octanol–water partition coefficient (Wildman–Crippen LogP) is 11.9. The number of fused-ring (bicyclic) bond motifs is 2. The third-order valence-corrected chi connectivity index (χ3v) is 12.8. The first kappa shape index (κ1) is 33.0. The van der Waals surface area contributed by atoms with Crippen LogP contribution in [0.15, 0.2) is 133 Å². The van der Waals surface area contributed by atoms with Crippen molar-refractivity contribution in [3.63, 3.8) is 0 Å². The fraction of sp³-hybridized carbons (Fsp3) is 0.213. The second kappa shape index (κ2) is 12.2. The number of rotatable bonds is 6. The van der Waals surface area contributed by atoms with Crippen LogP contribution in [0.25, 0.3) is 67.2 Å². The molecule has 0 unspecified atom stereocenters. The van der Waals surface area contributed by atoms with Gasteiger partial charge in [0.1, 0.15) is 0 Å². The first-order valence-corrected chi connectivity index (χ1v) is 21.6. The van der Waals surface area contributed by atoms with Gasteiger partial charge in [-0.15, -0.1) is 0 Å². The molecular weight excluding hydrogens is 635 g/mol. The van der Waals surface area contributed by atoms with Gasteiger partial charge >= 0.3 is 0 Å². The fourth-order valence-corrected chi connectivity index (χ4v) is 9.42. The Labute approximate surface area is 303 Å². The molecule has 1 aromatic heterocycles. The summed E-state index contributed by atoms with van der Waals surface area (Å²) < 4.78 is 0. The van der Waals surface area contributed by atoms with Gasteiger partial charge in [-0.05, 0) is 67.5 Å². The number of nitrogens with zero attached hydrogens (tertiary/aromatic N) is 3. The first-order chi connectivity index (χ1) is 24.4. The minimum absolute atomic E-state index is 0.158. The Bertz CT molecular complexity index is 2420. The molecule has 0 fully saturated rings. The third-order valence-electron chi connectivity index (χ3n) is 10.7. The molecule has 51 heavy (non-hydrogen) atoms. The molecule has 6 aromatic carbocycles. The second-order valence-electron chi connectivity index (χ2n) is 16.5. The molecule has 0 N–H and O–H groups in total. The Morgan fingerprint density at radius 1 is 0.431 bits per heavy atom. The normalized spacial score (nSPS) is 14.8. The van der Waals surface area contributed by atoms with Gasteiger partial charge in [0.25, 0.3) is 0 Å². The van der Waals surface area contributed by atoms with Gasteiger partial charge in [0.05, 0.1) is 8.07 Å². The van der Waals surface area contributed by atoms with Gasteiger partial charge in [0.2, 0.25) is 0 Å². The van der Waals surface area contributed by atoms with Crippen LogP contribution in [0.2, 0.25) is 19.6 Å². The van der Waals surface area contributed by atoms with Gasteiger partial charge in [-0.3, -0.25) is 0 Å².